The van der Waals surface area contributed by atoms with Gasteiger partial charge in [-0.05, 0) is 19.4 Å². The maximum absolute atomic E-state index is 4.49. The van der Waals surface area contributed by atoms with E-state index in [0.29, 0.717) is 0 Å². The highest BCUT2D eigenvalue weighted by atomic mass is 35.5. The van der Waals surface area contributed by atoms with Crippen LogP contribution in [-0.2, 0) is 26.7 Å². The summed E-state index contributed by atoms with van der Waals surface area (Å²) in [6.45, 7) is 6.86. The number of rotatable bonds is 6. The molecule has 0 spiro atoms. The second-order valence-electron chi connectivity index (χ2n) is 4.55. The third-order valence-electron chi connectivity index (χ3n) is 3.11. The molecule has 6 heteroatoms. The first-order valence-electron chi connectivity index (χ1n) is 6.41. The first kappa shape index (κ1) is 15.7. The number of hydrogen-bond acceptors (Lipinski definition) is 3. The molecule has 0 aliphatic rings. The van der Waals surface area contributed by atoms with Crippen molar-refractivity contribution in [2.45, 2.75) is 39.9 Å². The summed E-state index contributed by atoms with van der Waals surface area (Å²) in [7, 11) is 1.96. The van der Waals surface area contributed by atoms with Gasteiger partial charge in [0.15, 0.2) is 0 Å². The summed E-state index contributed by atoms with van der Waals surface area (Å²) in [6.07, 6.45) is 5.07. The summed E-state index contributed by atoms with van der Waals surface area (Å²) in [4.78, 5) is 0. The molecule has 2 rings (SSSR count). The molecule has 0 atom stereocenters. The van der Waals surface area contributed by atoms with Crippen molar-refractivity contribution in [3.8, 4) is 0 Å². The highest BCUT2D eigenvalue weighted by Gasteiger charge is 2.03. The van der Waals surface area contributed by atoms with Gasteiger partial charge in [-0.25, -0.2) is 0 Å². The second kappa shape index (κ2) is 7.31. The zero-order valence-corrected chi connectivity index (χ0v) is 12.6. The standard InChI is InChI=1S/C13H21N5.ClH/c1-4-6-18-7-5-13(16-18)10-14-8-12-9-15-17(3)11(12)2;/h5,7,9,14H,4,6,8,10H2,1-3H3;1H. The van der Waals surface area contributed by atoms with Gasteiger partial charge in [0.2, 0.25) is 0 Å². The molecule has 0 amide bonds. The minimum atomic E-state index is 0. The molecule has 0 fully saturated rings. The van der Waals surface area contributed by atoms with Crippen molar-refractivity contribution >= 4 is 12.4 Å². The van der Waals surface area contributed by atoms with Crippen molar-refractivity contribution in [2.24, 2.45) is 7.05 Å². The molecule has 0 bridgehead atoms. The zero-order valence-electron chi connectivity index (χ0n) is 11.8. The average molecular weight is 284 g/mol. The number of nitrogens with zero attached hydrogens (tertiary/aromatic N) is 4. The number of halogens is 1. The number of nitrogens with one attached hydrogen (secondary N) is 1. The molecule has 2 heterocycles. The van der Waals surface area contributed by atoms with Crippen LogP contribution in [0.15, 0.2) is 18.5 Å². The van der Waals surface area contributed by atoms with Gasteiger partial charge in [0.25, 0.3) is 0 Å². The van der Waals surface area contributed by atoms with Crippen LogP contribution in [0.3, 0.4) is 0 Å². The molecule has 0 unspecified atom stereocenters. The van der Waals surface area contributed by atoms with Crippen molar-refractivity contribution in [2.75, 3.05) is 0 Å². The summed E-state index contributed by atoms with van der Waals surface area (Å²) >= 11 is 0. The van der Waals surface area contributed by atoms with Crippen LogP contribution >= 0.6 is 12.4 Å². The number of aromatic nitrogens is 4. The van der Waals surface area contributed by atoms with E-state index in [9.17, 15) is 0 Å². The Balaban J connectivity index is 0.00000180. The van der Waals surface area contributed by atoms with E-state index >= 15 is 0 Å². The Kier molecular flexibility index (Phi) is 6.05. The highest BCUT2D eigenvalue weighted by molar-refractivity contribution is 5.85. The second-order valence-corrected chi connectivity index (χ2v) is 4.55. The van der Waals surface area contributed by atoms with Gasteiger partial charge in [-0.15, -0.1) is 12.4 Å². The topological polar surface area (TPSA) is 47.7 Å². The Labute approximate surface area is 120 Å². The molecule has 106 valence electrons. The molecule has 0 saturated carbocycles. The molecule has 0 aliphatic heterocycles. The predicted molar refractivity (Wildman–Crippen MR) is 78.3 cm³/mol. The third-order valence-corrected chi connectivity index (χ3v) is 3.11. The molecule has 0 saturated heterocycles. The van der Waals surface area contributed by atoms with Gasteiger partial charge in [-0.1, -0.05) is 6.92 Å². The van der Waals surface area contributed by atoms with E-state index in [2.05, 4.69) is 35.4 Å². The van der Waals surface area contributed by atoms with Gasteiger partial charge in [0.1, 0.15) is 0 Å². The van der Waals surface area contributed by atoms with Crippen LogP contribution in [0.5, 0.6) is 0 Å². The van der Waals surface area contributed by atoms with Gasteiger partial charge in [-0.3, -0.25) is 9.36 Å². The van der Waals surface area contributed by atoms with Crippen molar-refractivity contribution < 1.29 is 0 Å². The predicted octanol–water partition coefficient (Wildman–Crippen LogP) is 2.05. The summed E-state index contributed by atoms with van der Waals surface area (Å²) in [5, 5.41) is 12.1. The van der Waals surface area contributed by atoms with E-state index < -0.39 is 0 Å². The molecule has 0 radical (unpaired) electrons. The number of aryl methyl sites for hydroxylation is 2. The smallest absolute Gasteiger partial charge is 0.0762 e. The molecular formula is C13H22ClN5. The van der Waals surface area contributed by atoms with Crippen LogP contribution in [0, 0.1) is 6.92 Å². The van der Waals surface area contributed by atoms with E-state index in [4.69, 9.17) is 0 Å². The molecule has 0 aromatic carbocycles. The normalized spacial score (nSPS) is 10.5. The largest absolute Gasteiger partial charge is 0.307 e. The lowest BCUT2D eigenvalue weighted by Crippen LogP contribution is -2.14. The minimum Gasteiger partial charge on any atom is -0.307 e. The van der Waals surface area contributed by atoms with Crippen LogP contribution in [0.4, 0.5) is 0 Å². The van der Waals surface area contributed by atoms with Crippen LogP contribution in [0.25, 0.3) is 0 Å². The molecule has 0 aliphatic carbocycles. The van der Waals surface area contributed by atoms with Crippen molar-refractivity contribution in [3.63, 3.8) is 0 Å². The number of hydrogen-bond donors (Lipinski definition) is 1. The summed E-state index contributed by atoms with van der Waals surface area (Å²) < 4.78 is 3.89. The monoisotopic (exact) mass is 283 g/mol. The Morgan fingerprint density at radius 3 is 2.74 bits per heavy atom. The van der Waals surface area contributed by atoms with Crippen molar-refractivity contribution in [1.29, 1.82) is 0 Å². The van der Waals surface area contributed by atoms with Crippen LogP contribution < -0.4 is 5.32 Å². The zero-order chi connectivity index (χ0) is 13.0. The Bertz CT molecular complexity index is 503. The van der Waals surface area contributed by atoms with Gasteiger partial charge in [-0.2, -0.15) is 10.2 Å². The fourth-order valence-electron chi connectivity index (χ4n) is 1.89. The van der Waals surface area contributed by atoms with Crippen molar-refractivity contribution in [1.82, 2.24) is 24.9 Å². The minimum absolute atomic E-state index is 0. The lowest BCUT2D eigenvalue weighted by atomic mass is 10.2. The summed E-state index contributed by atoms with van der Waals surface area (Å²) in [5.41, 5.74) is 3.54. The Hall–Kier alpha value is -1.33. The van der Waals surface area contributed by atoms with Crippen LogP contribution in [0.1, 0.15) is 30.3 Å². The Morgan fingerprint density at radius 2 is 2.11 bits per heavy atom. The fraction of sp³-hybridized carbons (Fsp3) is 0.538. The fourth-order valence-corrected chi connectivity index (χ4v) is 1.89. The van der Waals surface area contributed by atoms with Gasteiger partial charge in [0, 0.05) is 44.1 Å². The maximum Gasteiger partial charge on any atom is 0.0762 e. The third kappa shape index (κ3) is 4.08. The molecule has 5 nitrogen and oxygen atoms in total. The van der Waals surface area contributed by atoms with Crippen LogP contribution in [0.2, 0.25) is 0 Å². The van der Waals surface area contributed by atoms with Gasteiger partial charge >= 0.3 is 0 Å². The summed E-state index contributed by atoms with van der Waals surface area (Å²) in [5.74, 6) is 0. The van der Waals surface area contributed by atoms with E-state index in [-0.39, 0.29) is 12.4 Å². The van der Waals surface area contributed by atoms with E-state index in [1.165, 1.54) is 11.3 Å². The molecule has 2 aromatic rings. The molecule has 1 N–H and O–H groups in total. The average Bonchev–Trinajstić information content (AvgIpc) is 2.91. The quantitative estimate of drug-likeness (QED) is 0.883. The SMILES string of the molecule is CCCn1ccc(CNCc2cnn(C)c2C)n1.Cl. The molecule has 19 heavy (non-hydrogen) atoms. The maximum atomic E-state index is 4.49. The lowest BCUT2D eigenvalue weighted by Gasteiger charge is -2.02. The van der Waals surface area contributed by atoms with Crippen LogP contribution in [-0.4, -0.2) is 19.6 Å². The lowest BCUT2D eigenvalue weighted by molar-refractivity contribution is 0.582. The summed E-state index contributed by atoms with van der Waals surface area (Å²) in [6, 6.07) is 2.07. The van der Waals surface area contributed by atoms with Gasteiger partial charge in [0.05, 0.1) is 11.9 Å². The molecular weight excluding hydrogens is 262 g/mol. The van der Waals surface area contributed by atoms with E-state index in [1.54, 1.807) is 0 Å². The van der Waals surface area contributed by atoms with Gasteiger partial charge < -0.3 is 5.32 Å². The van der Waals surface area contributed by atoms with E-state index in [1.807, 2.05) is 28.8 Å². The van der Waals surface area contributed by atoms with Crippen molar-refractivity contribution in [3.05, 3.63) is 35.4 Å². The Morgan fingerprint density at radius 1 is 1.32 bits per heavy atom. The molecule has 2 aromatic heterocycles. The first-order chi connectivity index (χ1) is 8.70. The highest BCUT2D eigenvalue weighted by Crippen LogP contribution is 2.05. The first-order valence-corrected chi connectivity index (χ1v) is 6.41. The van der Waals surface area contributed by atoms with E-state index in [0.717, 1.165) is 31.7 Å².